The summed E-state index contributed by atoms with van der Waals surface area (Å²) in [6, 6.07) is -0.317. The molecule has 5 nitrogen and oxygen atoms in total. The average Bonchev–Trinajstić information content (AvgIpc) is 2.73. The zero-order valence-electron chi connectivity index (χ0n) is 11.9. The van der Waals surface area contributed by atoms with Gasteiger partial charge in [-0.05, 0) is 12.8 Å². The summed E-state index contributed by atoms with van der Waals surface area (Å²) >= 11 is 3.08. The van der Waals surface area contributed by atoms with Crippen molar-refractivity contribution >= 4 is 35.0 Å². The number of aryl methyl sites for hydroxylation is 1. The molecule has 1 unspecified atom stereocenters. The van der Waals surface area contributed by atoms with E-state index >= 15 is 0 Å². The van der Waals surface area contributed by atoms with E-state index in [1.807, 2.05) is 26.2 Å². The minimum atomic E-state index is -0.894. The van der Waals surface area contributed by atoms with Gasteiger partial charge in [0.15, 0.2) is 0 Å². The molecule has 0 aliphatic carbocycles. The van der Waals surface area contributed by atoms with Gasteiger partial charge in [0.2, 0.25) is 5.91 Å². The molecule has 112 valence electrons. The molecule has 2 N–H and O–H groups in total. The fraction of sp³-hybridized carbons (Fsp3) is 0.615. The number of aliphatic carboxylic acids is 1. The number of nitrogens with zero attached hydrogens (tertiary/aromatic N) is 1. The Balaban J connectivity index is 2.32. The zero-order chi connectivity index (χ0) is 15.1. The summed E-state index contributed by atoms with van der Waals surface area (Å²) in [7, 11) is 0. The lowest BCUT2D eigenvalue weighted by atomic mass is 10.0. The van der Waals surface area contributed by atoms with Gasteiger partial charge >= 0.3 is 5.97 Å². The molecular formula is C13H20N2O3S2. The van der Waals surface area contributed by atoms with E-state index in [0.29, 0.717) is 11.5 Å². The highest BCUT2D eigenvalue weighted by atomic mass is 32.2. The molecule has 1 atom stereocenters. The molecule has 1 aromatic rings. The fourth-order valence-electron chi connectivity index (χ4n) is 1.61. The third-order valence-electron chi connectivity index (χ3n) is 2.70. The second kappa shape index (κ2) is 8.26. The third-order valence-corrected chi connectivity index (χ3v) is 4.48. The summed E-state index contributed by atoms with van der Waals surface area (Å²) in [6.45, 7) is 5.75. The van der Waals surface area contributed by atoms with Gasteiger partial charge in [-0.25, -0.2) is 4.98 Å². The molecule has 1 aromatic heterocycles. The normalized spacial score (nSPS) is 12.4. The summed E-state index contributed by atoms with van der Waals surface area (Å²) in [5.41, 5.74) is 0.983. The standard InChI is InChI=1S/C13H20N2O3S2/c1-8(2)11(4-13(17)18)15-12(16)7-19-5-10-6-20-9(3)14-10/h6,8,11H,4-5,7H2,1-3H3,(H,15,16)(H,17,18). The maximum absolute atomic E-state index is 11.8. The first-order valence-electron chi connectivity index (χ1n) is 6.38. The van der Waals surface area contributed by atoms with Crippen molar-refractivity contribution in [1.82, 2.24) is 10.3 Å². The van der Waals surface area contributed by atoms with Gasteiger partial charge < -0.3 is 10.4 Å². The van der Waals surface area contributed by atoms with Crippen molar-refractivity contribution in [3.8, 4) is 0 Å². The van der Waals surface area contributed by atoms with Crippen molar-refractivity contribution in [1.29, 1.82) is 0 Å². The van der Waals surface area contributed by atoms with Crippen LogP contribution in [0.3, 0.4) is 0 Å². The van der Waals surface area contributed by atoms with Crippen LogP contribution in [-0.2, 0) is 15.3 Å². The second-order valence-electron chi connectivity index (χ2n) is 4.87. The van der Waals surface area contributed by atoms with Gasteiger partial charge in [-0.1, -0.05) is 13.8 Å². The van der Waals surface area contributed by atoms with E-state index in [0.717, 1.165) is 10.7 Å². The Morgan fingerprint density at radius 1 is 1.50 bits per heavy atom. The van der Waals surface area contributed by atoms with E-state index in [1.165, 1.54) is 11.8 Å². The number of carbonyl (C=O) groups excluding carboxylic acids is 1. The van der Waals surface area contributed by atoms with Gasteiger partial charge in [-0.3, -0.25) is 9.59 Å². The van der Waals surface area contributed by atoms with Gasteiger partial charge in [0.25, 0.3) is 0 Å². The summed E-state index contributed by atoms with van der Waals surface area (Å²) < 4.78 is 0. The van der Waals surface area contributed by atoms with Gasteiger partial charge in [-0.15, -0.1) is 23.1 Å². The number of rotatable bonds is 8. The lowest BCUT2D eigenvalue weighted by molar-refractivity contribution is -0.138. The van der Waals surface area contributed by atoms with E-state index in [-0.39, 0.29) is 24.3 Å². The molecule has 0 saturated heterocycles. The maximum atomic E-state index is 11.8. The Morgan fingerprint density at radius 2 is 2.20 bits per heavy atom. The Labute approximate surface area is 127 Å². The molecule has 20 heavy (non-hydrogen) atoms. The molecule has 1 heterocycles. The first kappa shape index (κ1) is 17.0. The molecule has 0 aliphatic heterocycles. The second-order valence-corrected chi connectivity index (χ2v) is 6.91. The Hall–Kier alpha value is -1.08. The highest BCUT2D eigenvalue weighted by Gasteiger charge is 2.19. The first-order chi connectivity index (χ1) is 9.38. The molecule has 0 aromatic carbocycles. The van der Waals surface area contributed by atoms with Crippen molar-refractivity contribution in [2.75, 3.05) is 5.75 Å². The fourth-order valence-corrected chi connectivity index (χ4v) is 3.06. The molecule has 0 fully saturated rings. The number of carbonyl (C=O) groups is 2. The van der Waals surface area contributed by atoms with E-state index in [9.17, 15) is 9.59 Å². The van der Waals surface area contributed by atoms with Crippen molar-refractivity contribution in [3.05, 3.63) is 16.1 Å². The van der Waals surface area contributed by atoms with Crippen molar-refractivity contribution < 1.29 is 14.7 Å². The molecule has 1 rings (SSSR count). The monoisotopic (exact) mass is 316 g/mol. The average molecular weight is 316 g/mol. The molecular weight excluding hydrogens is 296 g/mol. The molecule has 0 radical (unpaired) electrons. The lowest BCUT2D eigenvalue weighted by Gasteiger charge is -2.20. The molecule has 0 aliphatic rings. The van der Waals surface area contributed by atoms with Crippen LogP contribution in [0.25, 0.3) is 0 Å². The van der Waals surface area contributed by atoms with Gasteiger partial charge in [0, 0.05) is 17.2 Å². The van der Waals surface area contributed by atoms with Crippen LogP contribution in [0, 0.1) is 12.8 Å². The molecule has 1 amide bonds. The number of carboxylic acids is 1. The van der Waals surface area contributed by atoms with Crippen LogP contribution in [0.5, 0.6) is 0 Å². The highest BCUT2D eigenvalue weighted by Crippen LogP contribution is 2.15. The van der Waals surface area contributed by atoms with Crippen LogP contribution in [0.4, 0.5) is 0 Å². The van der Waals surface area contributed by atoms with Gasteiger partial charge in [0.05, 0.1) is 22.9 Å². The number of hydrogen-bond donors (Lipinski definition) is 2. The van der Waals surface area contributed by atoms with Crippen LogP contribution in [0.1, 0.15) is 31.0 Å². The first-order valence-corrected chi connectivity index (χ1v) is 8.41. The molecule has 0 spiro atoms. The highest BCUT2D eigenvalue weighted by molar-refractivity contribution is 7.99. The zero-order valence-corrected chi connectivity index (χ0v) is 13.5. The van der Waals surface area contributed by atoms with Crippen LogP contribution in [0.15, 0.2) is 5.38 Å². The quantitative estimate of drug-likeness (QED) is 0.769. The van der Waals surface area contributed by atoms with Gasteiger partial charge in [-0.2, -0.15) is 0 Å². The topological polar surface area (TPSA) is 79.3 Å². The minimum absolute atomic E-state index is 0.0423. The Kier molecular flexibility index (Phi) is 7.01. The minimum Gasteiger partial charge on any atom is -0.481 e. The number of thiazole rings is 1. The van der Waals surface area contributed by atoms with E-state index in [1.54, 1.807) is 11.3 Å². The van der Waals surface area contributed by atoms with Crippen LogP contribution in [-0.4, -0.2) is 33.8 Å². The van der Waals surface area contributed by atoms with Crippen molar-refractivity contribution in [2.24, 2.45) is 5.92 Å². The van der Waals surface area contributed by atoms with Crippen molar-refractivity contribution in [3.63, 3.8) is 0 Å². The number of nitrogens with one attached hydrogen (secondary N) is 1. The van der Waals surface area contributed by atoms with Crippen molar-refractivity contribution in [2.45, 2.75) is 39.0 Å². The summed E-state index contributed by atoms with van der Waals surface area (Å²) in [5, 5.41) is 14.6. The number of carboxylic acid groups (broad SMARTS) is 1. The number of thioether (sulfide) groups is 1. The summed E-state index contributed by atoms with van der Waals surface area (Å²) in [5.74, 6) is 0.0976. The van der Waals surface area contributed by atoms with E-state index < -0.39 is 5.97 Å². The number of aromatic nitrogens is 1. The maximum Gasteiger partial charge on any atom is 0.305 e. The number of hydrogen-bond acceptors (Lipinski definition) is 5. The largest absolute Gasteiger partial charge is 0.481 e. The SMILES string of the molecule is Cc1nc(CSCC(=O)NC(CC(=O)O)C(C)C)cs1. The predicted molar refractivity (Wildman–Crippen MR) is 82.0 cm³/mol. The number of amides is 1. The lowest BCUT2D eigenvalue weighted by Crippen LogP contribution is -2.41. The molecule has 0 saturated carbocycles. The van der Waals surface area contributed by atoms with Crippen LogP contribution >= 0.6 is 23.1 Å². The molecule has 0 bridgehead atoms. The summed E-state index contributed by atoms with van der Waals surface area (Å²) in [4.78, 5) is 26.8. The van der Waals surface area contributed by atoms with Crippen LogP contribution in [0.2, 0.25) is 0 Å². The van der Waals surface area contributed by atoms with E-state index in [4.69, 9.17) is 5.11 Å². The third kappa shape index (κ3) is 6.38. The van der Waals surface area contributed by atoms with Gasteiger partial charge in [0.1, 0.15) is 0 Å². The molecule has 7 heteroatoms. The van der Waals surface area contributed by atoms with Crippen LogP contribution < -0.4 is 5.32 Å². The smallest absolute Gasteiger partial charge is 0.305 e. The predicted octanol–water partition coefficient (Wildman–Crippen LogP) is 2.30. The Bertz CT molecular complexity index is 460. The Morgan fingerprint density at radius 3 is 2.70 bits per heavy atom. The van der Waals surface area contributed by atoms with E-state index in [2.05, 4.69) is 10.3 Å². The summed E-state index contributed by atoms with van der Waals surface area (Å²) in [6.07, 6.45) is -0.0423.